The van der Waals surface area contributed by atoms with Gasteiger partial charge in [-0.2, -0.15) is 0 Å². The van der Waals surface area contributed by atoms with E-state index in [1.165, 1.54) is 11.3 Å². The van der Waals surface area contributed by atoms with E-state index in [0.717, 1.165) is 18.7 Å². The molecule has 2 amide bonds. The van der Waals surface area contributed by atoms with E-state index in [2.05, 4.69) is 29.4 Å². The number of nitrogens with one attached hydrogen (secondary N) is 2. The lowest BCUT2D eigenvalue weighted by molar-refractivity contribution is 0.0966. The monoisotopic (exact) mass is 447 g/mol. The Hall–Kier alpha value is -2.61. The number of amides is 2. The van der Waals surface area contributed by atoms with Gasteiger partial charge < -0.3 is 15.7 Å². The van der Waals surface area contributed by atoms with Crippen molar-refractivity contribution in [2.24, 2.45) is 0 Å². The van der Waals surface area contributed by atoms with E-state index in [4.69, 9.17) is 0 Å². The lowest BCUT2D eigenvalue weighted by Gasteiger charge is -2.18. The molecule has 8 heteroatoms. The number of thiophene rings is 1. The predicted molar refractivity (Wildman–Crippen MR) is 125 cm³/mol. The van der Waals surface area contributed by atoms with Crippen LogP contribution in [0, 0.1) is 0 Å². The smallest absolute Gasteiger partial charge is 0.256 e. The fourth-order valence-electron chi connectivity index (χ4n) is 3.21. The molecule has 3 aromatic rings. The van der Waals surface area contributed by atoms with Crippen molar-refractivity contribution in [3.63, 3.8) is 0 Å². The number of fused-ring (bicyclic) bond motifs is 1. The van der Waals surface area contributed by atoms with Gasteiger partial charge in [-0.15, -0.1) is 23.7 Å². The normalized spacial score (nSPS) is 10.7. The molecule has 0 atom stereocenters. The second kappa shape index (κ2) is 10.4. The van der Waals surface area contributed by atoms with Gasteiger partial charge in [0.2, 0.25) is 0 Å². The number of hydrogen-bond acceptors (Lipinski definition) is 5. The van der Waals surface area contributed by atoms with Crippen molar-refractivity contribution in [2.75, 3.05) is 25.5 Å². The third-order valence-electron chi connectivity index (χ3n) is 4.92. The minimum atomic E-state index is -0.310. The molecular weight excluding hydrogens is 422 g/mol. The van der Waals surface area contributed by atoms with Crippen molar-refractivity contribution >= 4 is 50.6 Å². The number of halogens is 1. The average Bonchev–Trinajstić information content (AvgIpc) is 3.12. The molecule has 1 aromatic heterocycles. The van der Waals surface area contributed by atoms with E-state index in [0.29, 0.717) is 32.8 Å². The lowest BCUT2D eigenvalue weighted by Crippen LogP contribution is -2.22. The Labute approximate surface area is 186 Å². The highest BCUT2D eigenvalue weighted by molar-refractivity contribution is 7.24. The topological polar surface area (TPSA) is 81.7 Å². The molecule has 0 unspecified atom stereocenters. The molecule has 0 aliphatic rings. The number of carbonyl (C=O) groups excluding carboxylic acids is 2. The molecule has 0 fully saturated rings. The van der Waals surface area contributed by atoms with E-state index in [1.54, 1.807) is 31.3 Å². The number of phenolic OH excluding ortho intramolecular Hbond substituents is 1. The Morgan fingerprint density at radius 3 is 2.30 bits per heavy atom. The molecule has 0 aliphatic carbocycles. The first-order valence-corrected chi connectivity index (χ1v) is 10.4. The molecule has 3 rings (SSSR count). The molecule has 0 saturated heterocycles. The van der Waals surface area contributed by atoms with Crippen LogP contribution in [0.3, 0.4) is 0 Å². The van der Waals surface area contributed by atoms with Crippen LogP contribution in [0.25, 0.3) is 10.1 Å². The Bertz CT molecular complexity index is 1030. The number of rotatable bonds is 7. The number of anilines is 1. The van der Waals surface area contributed by atoms with Crippen LogP contribution in [0.2, 0.25) is 0 Å². The quantitative estimate of drug-likeness (QED) is 0.498. The van der Waals surface area contributed by atoms with E-state index in [-0.39, 0.29) is 30.0 Å². The van der Waals surface area contributed by atoms with Gasteiger partial charge in [-0.1, -0.05) is 44.2 Å². The van der Waals surface area contributed by atoms with Crippen LogP contribution < -0.4 is 10.6 Å². The van der Waals surface area contributed by atoms with Crippen molar-refractivity contribution in [1.82, 2.24) is 10.2 Å². The fourth-order valence-corrected chi connectivity index (χ4v) is 4.37. The van der Waals surface area contributed by atoms with Crippen LogP contribution in [0.1, 0.15) is 40.1 Å². The number of nitrogens with zero attached hydrogens (tertiary/aromatic N) is 1. The molecule has 0 aliphatic heterocycles. The average molecular weight is 448 g/mol. The molecule has 6 nitrogen and oxygen atoms in total. The minimum Gasteiger partial charge on any atom is -0.506 e. The number of phenols is 1. The summed E-state index contributed by atoms with van der Waals surface area (Å²) in [5.41, 5.74) is 1.66. The van der Waals surface area contributed by atoms with Crippen molar-refractivity contribution in [2.45, 2.75) is 20.4 Å². The maximum Gasteiger partial charge on any atom is 0.256 e. The first-order valence-electron chi connectivity index (χ1n) is 9.58. The Morgan fingerprint density at radius 1 is 1.03 bits per heavy atom. The summed E-state index contributed by atoms with van der Waals surface area (Å²) in [6.07, 6.45) is 0. The molecule has 1 heterocycles. The fraction of sp³-hybridized carbons (Fsp3) is 0.273. The van der Waals surface area contributed by atoms with Crippen LogP contribution in [0.15, 0.2) is 42.5 Å². The van der Waals surface area contributed by atoms with Crippen LogP contribution in [-0.2, 0) is 6.54 Å². The van der Waals surface area contributed by atoms with E-state index < -0.39 is 0 Å². The maximum atomic E-state index is 12.6. The summed E-state index contributed by atoms with van der Waals surface area (Å²) in [4.78, 5) is 27.4. The van der Waals surface area contributed by atoms with Crippen molar-refractivity contribution < 1.29 is 14.7 Å². The number of benzene rings is 2. The largest absolute Gasteiger partial charge is 0.506 e. The molecule has 3 N–H and O–H groups in total. The summed E-state index contributed by atoms with van der Waals surface area (Å²) in [6, 6.07) is 12.5. The van der Waals surface area contributed by atoms with Gasteiger partial charge in [-0.05, 0) is 25.2 Å². The van der Waals surface area contributed by atoms with Gasteiger partial charge in [0.05, 0.1) is 10.3 Å². The zero-order valence-corrected chi connectivity index (χ0v) is 18.8. The summed E-state index contributed by atoms with van der Waals surface area (Å²) in [5.74, 6) is -0.453. The number of hydrogen-bond donors (Lipinski definition) is 3. The highest BCUT2D eigenvalue weighted by Crippen LogP contribution is 2.42. The molecule has 0 spiro atoms. The van der Waals surface area contributed by atoms with Crippen LogP contribution in [0.4, 0.5) is 5.00 Å². The standard InChI is InChI=1S/C22H25N3O3S.ClH/c1-4-25(5-2)13-15-11-12-16-17(21(28)23-3)22(29-19(16)18(15)26)24-20(27)14-9-7-6-8-10-14;/h6-12,26H,4-5,13H2,1-3H3,(H,23,28)(H,24,27);1H. The van der Waals surface area contributed by atoms with E-state index in [9.17, 15) is 14.7 Å². The summed E-state index contributed by atoms with van der Waals surface area (Å²) < 4.78 is 0.594. The molecular formula is C22H26ClN3O3S. The van der Waals surface area contributed by atoms with Gasteiger partial charge in [-0.25, -0.2) is 0 Å². The van der Waals surface area contributed by atoms with Gasteiger partial charge in [0, 0.05) is 30.1 Å². The Morgan fingerprint density at radius 2 is 1.70 bits per heavy atom. The summed E-state index contributed by atoms with van der Waals surface area (Å²) in [7, 11) is 1.54. The third-order valence-corrected chi connectivity index (χ3v) is 6.05. The van der Waals surface area contributed by atoms with Crippen molar-refractivity contribution in [3.8, 4) is 5.75 Å². The Kier molecular flexibility index (Phi) is 8.23. The number of aromatic hydroxyl groups is 1. The van der Waals surface area contributed by atoms with Gasteiger partial charge >= 0.3 is 0 Å². The van der Waals surface area contributed by atoms with Gasteiger partial charge in [-0.3, -0.25) is 14.5 Å². The zero-order chi connectivity index (χ0) is 21.0. The van der Waals surface area contributed by atoms with E-state index >= 15 is 0 Å². The first kappa shape index (κ1) is 23.7. The summed E-state index contributed by atoms with van der Waals surface area (Å²) in [6.45, 7) is 6.52. The lowest BCUT2D eigenvalue weighted by atomic mass is 10.1. The third kappa shape index (κ3) is 4.75. The highest BCUT2D eigenvalue weighted by atomic mass is 35.5. The molecule has 0 radical (unpaired) electrons. The molecule has 0 bridgehead atoms. The second-order valence-corrected chi connectivity index (χ2v) is 7.64. The van der Waals surface area contributed by atoms with Crippen molar-refractivity contribution in [3.05, 3.63) is 59.2 Å². The van der Waals surface area contributed by atoms with Gasteiger partial charge in [0.1, 0.15) is 10.8 Å². The second-order valence-electron chi connectivity index (χ2n) is 6.62. The highest BCUT2D eigenvalue weighted by Gasteiger charge is 2.23. The number of carbonyl (C=O) groups is 2. The van der Waals surface area contributed by atoms with Gasteiger partial charge in [0.15, 0.2) is 0 Å². The van der Waals surface area contributed by atoms with Crippen LogP contribution in [0.5, 0.6) is 5.75 Å². The predicted octanol–water partition coefficient (Wildman–Crippen LogP) is 4.48. The SMILES string of the molecule is CCN(CC)Cc1ccc2c(C(=O)NC)c(NC(=O)c3ccccc3)sc2c1O.Cl. The molecule has 160 valence electrons. The first-order chi connectivity index (χ1) is 14.0. The van der Waals surface area contributed by atoms with Crippen LogP contribution >= 0.6 is 23.7 Å². The van der Waals surface area contributed by atoms with Crippen LogP contribution in [-0.4, -0.2) is 42.0 Å². The minimum absolute atomic E-state index is 0. The molecule has 2 aromatic carbocycles. The van der Waals surface area contributed by atoms with Gasteiger partial charge in [0.25, 0.3) is 11.8 Å². The Balaban J connectivity index is 0.00000320. The van der Waals surface area contributed by atoms with E-state index in [1.807, 2.05) is 18.2 Å². The van der Waals surface area contributed by atoms with Crippen molar-refractivity contribution in [1.29, 1.82) is 0 Å². The summed E-state index contributed by atoms with van der Waals surface area (Å²) in [5, 5.41) is 17.4. The zero-order valence-electron chi connectivity index (χ0n) is 17.2. The molecule has 0 saturated carbocycles. The maximum absolute atomic E-state index is 12.6. The molecule has 30 heavy (non-hydrogen) atoms. The summed E-state index contributed by atoms with van der Waals surface area (Å²) >= 11 is 1.21.